The van der Waals surface area contributed by atoms with Crippen LogP contribution in [0.2, 0.25) is 0 Å². The van der Waals surface area contributed by atoms with E-state index in [-0.39, 0.29) is 0 Å². The maximum atomic E-state index is 3.87. The van der Waals surface area contributed by atoms with Crippen LogP contribution in [0.4, 0.5) is 0 Å². The summed E-state index contributed by atoms with van der Waals surface area (Å²) < 4.78 is 0. The van der Waals surface area contributed by atoms with Crippen LogP contribution >= 0.6 is 0 Å². The van der Waals surface area contributed by atoms with Gasteiger partial charge in [-0.1, -0.05) is 43.5 Å². The Balaban J connectivity index is 2.31. The molecular formula is C18H16. The summed E-state index contributed by atoms with van der Waals surface area (Å²) in [6.07, 6.45) is 10.6. The Morgan fingerprint density at radius 1 is 0.889 bits per heavy atom. The molecule has 1 aliphatic rings. The van der Waals surface area contributed by atoms with E-state index in [0.29, 0.717) is 0 Å². The van der Waals surface area contributed by atoms with Crippen molar-refractivity contribution >= 4 is 29.0 Å². The van der Waals surface area contributed by atoms with Gasteiger partial charge in [0.2, 0.25) is 0 Å². The van der Waals surface area contributed by atoms with Crippen LogP contribution in [0.15, 0.2) is 43.5 Å². The maximum absolute atomic E-state index is 3.87. The van der Waals surface area contributed by atoms with Gasteiger partial charge in [-0.05, 0) is 64.1 Å². The van der Waals surface area contributed by atoms with E-state index in [0.717, 1.165) is 24.0 Å². The maximum Gasteiger partial charge on any atom is -0.0171 e. The Bertz CT molecular complexity index is 672. The standard InChI is InChI=1S/C18H16/c1-3-13-9-17-11-15-7-5-6-8-16(15)12-18(17)10-14(13)4-2/h3-5,7,9-12H,1-2,6,8H2. The SMILES string of the molecule is C=Cc1cc2cc3c(cc2cc1C=C)CCC=C3. The van der Waals surface area contributed by atoms with E-state index < -0.39 is 0 Å². The zero-order chi connectivity index (χ0) is 12.5. The summed E-state index contributed by atoms with van der Waals surface area (Å²) >= 11 is 0. The molecule has 0 aliphatic heterocycles. The number of benzene rings is 2. The fraction of sp³-hybridized carbons (Fsp3) is 0.111. The summed E-state index contributed by atoms with van der Waals surface area (Å²) in [4.78, 5) is 0. The smallest absolute Gasteiger partial charge is 0.0171 e. The summed E-state index contributed by atoms with van der Waals surface area (Å²) in [5, 5.41) is 2.57. The van der Waals surface area contributed by atoms with Gasteiger partial charge in [0.05, 0.1) is 0 Å². The van der Waals surface area contributed by atoms with E-state index >= 15 is 0 Å². The molecule has 1 aliphatic carbocycles. The van der Waals surface area contributed by atoms with E-state index in [4.69, 9.17) is 0 Å². The second-order valence-corrected chi connectivity index (χ2v) is 4.73. The number of fused-ring (bicyclic) bond motifs is 2. The molecule has 0 atom stereocenters. The Hall–Kier alpha value is -2.08. The van der Waals surface area contributed by atoms with Crippen molar-refractivity contribution in [1.82, 2.24) is 0 Å². The van der Waals surface area contributed by atoms with Gasteiger partial charge in [0.15, 0.2) is 0 Å². The molecule has 0 unspecified atom stereocenters. The van der Waals surface area contributed by atoms with E-state index in [1.807, 2.05) is 12.2 Å². The highest BCUT2D eigenvalue weighted by Gasteiger charge is 2.07. The topological polar surface area (TPSA) is 0 Å². The zero-order valence-corrected chi connectivity index (χ0v) is 10.4. The van der Waals surface area contributed by atoms with Gasteiger partial charge in [-0.2, -0.15) is 0 Å². The van der Waals surface area contributed by atoms with Gasteiger partial charge in [0.25, 0.3) is 0 Å². The van der Waals surface area contributed by atoms with Crippen LogP contribution in [0, 0.1) is 0 Å². The molecule has 0 saturated heterocycles. The normalized spacial score (nSPS) is 13.3. The largest absolute Gasteiger partial charge is 0.0984 e. The lowest BCUT2D eigenvalue weighted by molar-refractivity contribution is 0.989. The summed E-state index contributed by atoms with van der Waals surface area (Å²) in [7, 11) is 0. The van der Waals surface area contributed by atoms with Gasteiger partial charge in [0, 0.05) is 0 Å². The summed E-state index contributed by atoms with van der Waals surface area (Å²) in [6, 6.07) is 8.99. The number of aryl methyl sites for hydroxylation is 1. The molecule has 18 heavy (non-hydrogen) atoms. The lowest BCUT2D eigenvalue weighted by atomic mass is 9.92. The lowest BCUT2D eigenvalue weighted by Gasteiger charge is -2.13. The molecule has 0 saturated carbocycles. The van der Waals surface area contributed by atoms with Gasteiger partial charge in [0.1, 0.15) is 0 Å². The molecular weight excluding hydrogens is 216 g/mol. The molecule has 88 valence electrons. The van der Waals surface area contributed by atoms with E-state index in [1.165, 1.54) is 21.9 Å². The van der Waals surface area contributed by atoms with E-state index in [2.05, 4.69) is 49.6 Å². The summed E-state index contributed by atoms with van der Waals surface area (Å²) in [6.45, 7) is 7.75. The van der Waals surface area contributed by atoms with Crippen LogP contribution in [-0.4, -0.2) is 0 Å². The predicted octanol–water partition coefficient (Wildman–Crippen LogP) is 5.09. The van der Waals surface area contributed by atoms with Crippen molar-refractivity contribution in [3.8, 4) is 0 Å². The molecule has 3 rings (SSSR count). The van der Waals surface area contributed by atoms with Crippen LogP contribution < -0.4 is 0 Å². The van der Waals surface area contributed by atoms with Crippen molar-refractivity contribution in [1.29, 1.82) is 0 Å². The monoisotopic (exact) mass is 232 g/mol. The van der Waals surface area contributed by atoms with E-state index in [1.54, 1.807) is 0 Å². The highest BCUT2D eigenvalue weighted by atomic mass is 14.1. The number of rotatable bonds is 2. The molecule has 0 aromatic heterocycles. The van der Waals surface area contributed by atoms with Crippen LogP contribution in [-0.2, 0) is 6.42 Å². The van der Waals surface area contributed by atoms with Crippen LogP contribution in [0.25, 0.3) is 29.0 Å². The van der Waals surface area contributed by atoms with Crippen molar-refractivity contribution in [2.45, 2.75) is 12.8 Å². The van der Waals surface area contributed by atoms with Gasteiger partial charge in [-0.25, -0.2) is 0 Å². The minimum Gasteiger partial charge on any atom is -0.0984 e. The highest BCUT2D eigenvalue weighted by Crippen LogP contribution is 2.28. The molecule has 0 heteroatoms. The van der Waals surface area contributed by atoms with Crippen molar-refractivity contribution in [2.75, 3.05) is 0 Å². The fourth-order valence-corrected chi connectivity index (χ4v) is 2.62. The number of hydrogen-bond acceptors (Lipinski definition) is 0. The van der Waals surface area contributed by atoms with Gasteiger partial charge >= 0.3 is 0 Å². The first-order valence-electron chi connectivity index (χ1n) is 6.34. The van der Waals surface area contributed by atoms with Gasteiger partial charge in [-0.15, -0.1) is 0 Å². The minimum absolute atomic E-state index is 1.15. The van der Waals surface area contributed by atoms with Crippen molar-refractivity contribution in [2.24, 2.45) is 0 Å². The van der Waals surface area contributed by atoms with Crippen LogP contribution in [0.3, 0.4) is 0 Å². The second-order valence-electron chi connectivity index (χ2n) is 4.73. The lowest BCUT2D eigenvalue weighted by Crippen LogP contribution is -1.94. The highest BCUT2D eigenvalue weighted by molar-refractivity contribution is 5.91. The third-order valence-corrected chi connectivity index (χ3v) is 3.62. The average Bonchev–Trinajstić information content (AvgIpc) is 2.43. The molecule has 0 radical (unpaired) electrons. The first kappa shape index (κ1) is 11.0. The molecule has 0 amide bonds. The van der Waals surface area contributed by atoms with Crippen molar-refractivity contribution < 1.29 is 0 Å². The van der Waals surface area contributed by atoms with Crippen molar-refractivity contribution in [3.63, 3.8) is 0 Å². The van der Waals surface area contributed by atoms with Gasteiger partial charge in [-0.3, -0.25) is 0 Å². The third kappa shape index (κ3) is 1.70. The Kier molecular flexibility index (Phi) is 2.64. The fourth-order valence-electron chi connectivity index (χ4n) is 2.62. The summed E-state index contributed by atoms with van der Waals surface area (Å²) in [5.74, 6) is 0. The molecule has 0 nitrogen and oxygen atoms in total. The van der Waals surface area contributed by atoms with Crippen LogP contribution in [0.5, 0.6) is 0 Å². The zero-order valence-electron chi connectivity index (χ0n) is 10.4. The Morgan fingerprint density at radius 2 is 1.56 bits per heavy atom. The van der Waals surface area contributed by atoms with Gasteiger partial charge < -0.3 is 0 Å². The second kappa shape index (κ2) is 4.30. The molecule has 2 aromatic carbocycles. The van der Waals surface area contributed by atoms with Crippen molar-refractivity contribution in [3.05, 3.63) is 65.8 Å². The molecule has 0 bridgehead atoms. The predicted molar refractivity (Wildman–Crippen MR) is 81.5 cm³/mol. The van der Waals surface area contributed by atoms with E-state index in [9.17, 15) is 0 Å². The number of allylic oxidation sites excluding steroid dienone is 1. The first-order valence-corrected chi connectivity index (χ1v) is 6.34. The Morgan fingerprint density at radius 3 is 2.22 bits per heavy atom. The third-order valence-electron chi connectivity index (χ3n) is 3.62. The summed E-state index contributed by atoms with van der Waals surface area (Å²) in [5.41, 5.74) is 5.11. The molecule has 0 heterocycles. The van der Waals surface area contributed by atoms with Crippen LogP contribution in [0.1, 0.15) is 28.7 Å². The quantitative estimate of drug-likeness (QED) is 0.677. The molecule has 2 aromatic rings. The molecule has 0 N–H and O–H groups in total. The Labute approximate surface area is 108 Å². The number of hydrogen-bond donors (Lipinski definition) is 0. The first-order chi connectivity index (χ1) is 8.81. The average molecular weight is 232 g/mol. The minimum atomic E-state index is 1.15. The molecule has 0 spiro atoms. The molecule has 0 fully saturated rings.